The third-order valence-electron chi connectivity index (χ3n) is 4.25. The lowest BCUT2D eigenvalue weighted by Crippen LogP contribution is -2.29. The minimum absolute atomic E-state index is 0.0634. The summed E-state index contributed by atoms with van der Waals surface area (Å²) in [6.07, 6.45) is 2.18. The van der Waals surface area contributed by atoms with Crippen molar-refractivity contribution < 1.29 is 13.2 Å². The van der Waals surface area contributed by atoms with Crippen molar-refractivity contribution in [3.63, 3.8) is 0 Å². The van der Waals surface area contributed by atoms with Crippen LogP contribution < -0.4 is 10.2 Å². The lowest BCUT2D eigenvalue weighted by atomic mass is 10.1. The summed E-state index contributed by atoms with van der Waals surface area (Å²) in [4.78, 5) is 14.4. The van der Waals surface area contributed by atoms with Crippen molar-refractivity contribution >= 4 is 28.0 Å². The van der Waals surface area contributed by atoms with Gasteiger partial charge in [0.2, 0.25) is 0 Å². The van der Waals surface area contributed by atoms with Gasteiger partial charge in [0.05, 0.1) is 11.7 Å². The quantitative estimate of drug-likeness (QED) is 0.876. The molecule has 6 nitrogen and oxygen atoms in total. The maximum Gasteiger partial charge on any atom is 0.285 e. The standard InChI is InChI=1S/C19H21N3O3S/c1-3-11-22-13-20-26(24,25)18-12-16(9-10-17(18)22)19(23)21-14(2)15-7-5-4-6-8-15/h4-10,12-14H,3,11H2,1-2H3,(H,21,23)/t14-/m0/s1. The summed E-state index contributed by atoms with van der Waals surface area (Å²) in [5.41, 5.74) is 1.82. The number of benzene rings is 2. The third-order valence-corrected chi connectivity index (χ3v) is 5.50. The highest BCUT2D eigenvalue weighted by molar-refractivity contribution is 7.90. The highest BCUT2D eigenvalue weighted by Gasteiger charge is 2.26. The van der Waals surface area contributed by atoms with Crippen LogP contribution in [0.3, 0.4) is 0 Å². The highest BCUT2D eigenvalue weighted by atomic mass is 32.2. The van der Waals surface area contributed by atoms with Crippen LogP contribution in [0.15, 0.2) is 57.8 Å². The van der Waals surface area contributed by atoms with E-state index in [1.54, 1.807) is 17.0 Å². The number of hydrogen-bond acceptors (Lipinski definition) is 4. The number of anilines is 1. The van der Waals surface area contributed by atoms with Crippen LogP contribution in [-0.4, -0.2) is 27.2 Å². The molecule has 1 heterocycles. The monoisotopic (exact) mass is 371 g/mol. The van der Waals surface area contributed by atoms with E-state index in [2.05, 4.69) is 9.71 Å². The fourth-order valence-electron chi connectivity index (χ4n) is 2.86. The molecule has 136 valence electrons. The van der Waals surface area contributed by atoms with Crippen molar-refractivity contribution in [3.05, 3.63) is 59.7 Å². The Balaban J connectivity index is 1.87. The summed E-state index contributed by atoms with van der Waals surface area (Å²) in [6.45, 7) is 4.54. The molecular weight excluding hydrogens is 350 g/mol. The molecule has 26 heavy (non-hydrogen) atoms. The zero-order valence-electron chi connectivity index (χ0n) is 14.7. The lowest BCUT2D eigenvalue weighted by Gasteiger charge is -2.25. The van der Waals surface area contributed by atoms with E-state index < -0.39 is 10.0 Å². The van der Waals surface area contributed by atoms with Crippen molar-refractivity contribution in [2.45, 2.75) is 31.2 Å². The molecule has 0 radical (unpaired) electrons. The molecule has 2 aromatic carbocycles. The van der Waals surface area contributed by atoms with Gasteiger partial charge in [-0.3, -0.25) is 4.79 Å². The fourth-order valence-corrected chi connectivity index (χ4v) is 3.94. The van der Waals surface area contributed by atoms with Gasteiger partial charge in [-0.05, 0) is 37.1 Å². The van der Waals surface area contributed by atoms with Crippen LogP contribution in [0, 0.1) is 0 Å². The molecule has 1 atom stereocenters. The van der Waals surface area contributed by atoms with Crippen LogP contribution in [0.1, 0.15) is 42.2 Å². The largest absolute Gasteiger partial charge is 0.346 e. The Kier molecular flexibility index (Phi) is 5.08. The molecule has 0 aliphatic carbocycles. The molecule has 2 aromatic rings. The molecule has 3 rings (SSSR count). The molecule has 0 spiro atoms. The summed E-state index contributed by atoms with van der Waals surface area (Å²) in [6, 6.07) is 14.1. The number of nitrogens with one attached hydrogen (secondary N) is 1. The van der Waals surface area contributed by atoms with Gasteiger partial charge in [-0.1, -0.05) is 37.3 Å². The Hall–Kier alpha value is -2.67. The smallest absolute Gasteiger partial charge is 0.285 e. The first-order valence-corrected chi connectivity index (χ1v) is 9.93. The SMILES string of the molecule is CCCN1C=NS(=O)(=O)c2cc(C(=O)N[C@@H](C)c3ccccc3)ccc21. The highest BCUT2D eigenvalue weighted by Crippen LogP contribution is 2.30. The maximum atomic E-state index is 12.6. The second kappa shape index (κ2) is 7.29. The van der Waals surface area contributed by atoms with E-state index in [1.165, 1.54) is 12.4 Å². The van der Waals surface area contributed by atoms with Crippen LogP contribution in [0.4, 0.5) is 5.69 Å². The van der Waals surface area contributed by atoms with E-state index in [9.17, 15) is 13.2 Å². The van der Waals surface area contributed by atoms with Gasteiger partial charge in [0.15, 0.2) is 0 Å². The predicted molar refractivity (Wildman–Crippen MR) is 102 cm³/mol. The van der Waals surface area contributed by atoms with Crippen molar-refractivity contribution in [2.24, 2.45) is 4.40 Å². The summed E-state index contributed by atoms with van der Waals surface area (Å²) in [5, 5.41) is 2.90. The lowest BCUT2D eigenvalue weighted by molar-refractivity contribution is 0.0939. The van der Waals surface area contributed by atoms with Gasteiger partial charge in [-0.15, -0.1) is 4.40 Å². The Morgan fingerprint density at radius 3 is 2.62 bits per heavy atom. The molecule has 0 saturated heterocycles. The number of sulfonamides is 1. The van der Waals surface area contributed by atoms with Crippen LogP contribution >= 0.6 is 0 Å². The van der Waals surface area contributed by atoms with Crippen molar-refractivity contribution in [1.29, 1.82) is 0 Å². The summed E-state index contributed by atoms with van der Waals surface area (Å²) in [5.74, 6) is -0.323. The average molecular weight is 371 g/mol. The number of rotatable bonds is 5. The number of fused-ring (bicyclic) bond motifs is 1. The number of carbonyl (C=O) groups excluding carboxylic acids is 1. The minimum atomic E-state index is -3.78. The van der Waals surface area contributed by atoms with Gasteiger partial charge in [-0.25, -0.2) is 0 Å². The topological polar surface area (TPSA) is 78.8 Å². The summed E-state index contributed by atoms with van der Waals surface area (Å²) < 4.78 is 28.2. The van der Waals surface area contributed by atoms with Gasteiger partial charge in [0.25, 0.3) is 15.9 Å². The van der Waals surface area contributed by atoms with Gasteiger partial charge in [0, 0.05) is 12.1 Å². The second-order valence-electron chi connectivity index (χ2n) is 6.18. The molecule has 0 unspecified atom stereocenters. The summed E-state index contributed by atoms with van der Waals surface area (Å²) in [7, 11) is -3.78. The van der Waals surface area contributed by atoms with Gasteiger partial charge in [-0.2, -0.15) is 8.42 Å². The normalized spacial score (nSPS) is 16.0. The molecule has 1 aliphatic heterocycles. The average Bonchev–Trinajstić information content (AvgIpc) is 2.64. The number of amides is 1. The molecule has 1 amide bonds. The first-order chi connectivity index (χ1) is 12.4. The van der Waals surface area contributed by atoms with Crippen LogP contribution in [0.5, 0.6) is 0 Å². The van der Waals surface area contributed by atoms with Crippen molar-refractivity contribution in [2.75, 3.05) is 11.4 Å². The Morgan fingerprint density at radius 1 is 1.19 bits per heavy atom. The molecule has 0 aromatic heterocycles. The molecule has 1 N–H and O–H groups in total. The van der Waals surface area contributed by atoms with Gasteiger partial charge < -0.3 is 10.2 Å². The number of nitrogens with zero attached hydrogens (tertiary/aromatic N) is 2. The van der Waals surface area contributed by atoms with E-state index >= 15 is 0 Å². The van der Waals surface area contributed by atoms with Crippen LogP contribution in [0.25, 0.3) is 0 Å². The molecule has 7 heteroatoms. The Labute approximate surface area is 153 Å². The van der Waals surface area contributed by atoms with E-state index in [-0.39, 0.29) is 16.8 Å². The zero-order valence-corrected chi connectivity index (χ0v) is 15.5. The van der Waals surface area contributed by atoms with Crippen LogP contribution in [-0.2, 0) is 10.0 Å². The van der Waals surface area contributed by atoms with E-state index in [0.717, 1.165) is 12.0 Å². The number of hydrogen-bond donors (Lipinski definition) is 1. The second-order valence-corrected chi connectivity index (χ2v) is 7.78. The van der Waals surface area contributed by atoms with E-state index in [0.29, 0.717) is 17.8 Å². The Morgan fingerprint density at radius 2 is 1.92 bits per heavy atom. The Bertz CT molecular complexity index is 940. The van der Waals surface area contributed by atoms with Crippen LogP contribution in [0.2, 0.25) is 0 Å². The van der Waals surface area contributed by atoms with Gasteiger partial charge in [0.1, 0.15) is 11.2 Å². The first kappa shape index (κ1) is 18.1. The maximum absolute atomic E-state index is 12.6. The van der Waals surface area contributed by atoms with Gasteiger partial charge >= 0.3 is 0 Å². The summed E-state index contributed by atoms with van der Waals surface area (Å²) >= 11 is 0. The predicted octanol–water partition coefficient (Wildman–Crippen LogP) is 3.12. The molecule has 0 saturated carbocycles. The third kappa shape index (κ3) is 3.62. The van der Waals surface area contributed by atoms with Crippen molar-refractivity contribution in [3.8, 4) is 0 Å². The molecule has 0 bridgehead atoms. The zero-order chi connectivity index (χ0) is 18.7. The molecular formula is C19H21N3O3S. The molecule has 1 aliphatic rings. The molecule has 0 fully saturated rings. The fraction of sp³-hybridized carbons (Fsp3) is 0.263. The van der Waals surface area contributed by atoms with Crippen molar-refractivity contribution in [1.82, 2.24) is 5.32 Å². The first-order valence-electron chi connectivity index (χ1n) is 8.49. The minimum Gasteiger partial charge on any atom is -0.346 e. The number of carbonyl (C=O) groups is 1. The van der Waals surface area contributed by atoms with E-state index in [4.69, 9.17) is 0 Å². The van der Waals surface area contributed by atoms with E-state index in [1.807, 2.05) is 44.2 Å².